The number of thioether (sulfide) groups is 1. The molecule has 2 rings (SSSR count). The largest absolute Gasteiger partial charge is 0.497 e. The molecule has 7 heteroatoms. The van der Waals surface area contributed by atoms with Crippen LogP contribution in [0.15, 0.2) is 47.4 Å². The van der Waals surface area contributed by atoms with Crippen LogP contribution in [-0.2, 0) is 11.2 Å². The Labute approximate surface area is 156 Å². The van der Waals surface area contributed by atoms with E-state index in [2.05, 4.69) is 5.32 Å². The topological polar surface area (TPSA) is 84.9 Å². The van der Waals surface area contributed by atoms with E-state index in [1.54, 1.807) is 13.2 Å². The fraction of sp³-hybridized carbons (Fsp3) is 0.263. The van der Waals surface area contributed by atoms with Crippen molar-refractivity contribution in [1.82, 2.24) is 5.32 Å². The molecule has 0 aliphatic rings. The molecule has 138 valence electrons. The van der Waals surface area contributed by atoms with Gasteiger partial charge in [-0.3, -0.25) is 4.79 Å². The predicted octanol–water partition coefficient (Wildman–Crippen LogP) is 2.85. The van der Waals surface area contributed by atoms with E-state index in [0.717, 1.165) is 16.2 Å². The van der Waals surface area contributed by atoms with Gasteiger partial charge >= 0.3 is 5.97 Å². The van der Waals surface area contributed by atoms with Crippen LogP contribution < -0.4 is 14.8 Å². The van der Waals surface area contributed by atoms with Crippen LogP contribution in [0.3, 0.4) is 0 Å². The van der Waals surface area contributed by atoms with E-state index in [1.165, 1.54) is 31.0 Å². The minimum Gasteiger partial charge on any atom is -0.497 e. The van der Waals surface area contributed by atoms with Crippen LogP contribution in [0.25, 0.3) is 0 Å². The van der Waals surface area contributed by atoms with Crippen LogP contribution in [0.2, 0.25) is 0 Å². The first-order valence-corrected chi connectivity index (χ1v) is 8.96. The van der Waals surface area contributed by atoms with Gasteiger partial charge in [-0.2, -0.15) is 0 Å². The van der Waals surface area contributed by atoms with E-state index in [9.17, 15) is 9.59 Å². The van der Waals surface area contributed by atoms with Crippen LogP contribution in [0.4, 0.5) is 0 Å². The molecule has 6 nitrogen and oxygen atoms in total. The van der Waals surface area contributed by atoms with Gasteiger partial charge in [-0.05, 0) is 42.3 Å². The lowest BCUT2D eigenvalue weighted by Crippen LogP contribution is -2.27. The second kappa shape index (κ2) is 9.72. The first-order chi connectivity index (χ1) is 12.5. The Morgan fingerprint density at radius 1 is 1.12 bits per heavy atom. The molecule has 0 saturated carbocycles. The fourth-order valence-electron chi connectivity index (χ4n) is 2.31. The summed E-state index contributed by atoms with van der Waals surface area (Å²) in [5.41, 5.74) is 1.02. The number of carboxylic acid groups (broad SMARTS) is 1. The number of carboxylic acids is 1. The van der Waals surface area contributed by atoms with Gasteiger partial charge in [-0.1, -0.05) is 12.1 Å². The number of hydrogen-bond acceptors (Lipinski definition) is 5. The molecular formula is C19H21NO5S. The number of rotatable bonds is 9. The Kier molecular flexibility index (Phi) is 7.35. The van der Waals surface area contributed by atoms with Crippen LogP contribution in [0.1, 0.15) is 15.9 Å². The highest BCUT2D eigenvalue weighted by atomic mass is 32.2. The summed E-state index contributed by atoms with van der Waals surface area (Å²) in [5, 5.41) is 11.9. The average Bonchev–Trinajstić information content (AvgIpc) is 2.66. The lowest BCUT2D eigenvalue weighted by atomic mass is 10.1. The zero-order chi connectivity index (χ0) is 18.9. The molecule has 0 unspecified atom stereocenters. The van der Waals surface area contributed by atoms with Gasteiger partial charge in [0.25, 0.3) is 0 Å². The molecule has 0 aromatic heterocycles. The molecule has 0 aliphatic heterocycles. The minimum atomic E-state index is -1.00. The SMILES string of the molecule is COc1cccc(SCC(=O)NCCc2ccc(C(=O)O)cc2OC)c1. The van der Waals surface area contributed by atoms with Crippen LogP contribution >= 0.6 is 11.8 Å². The summed E-state index contributed by atoms with van der Waals surface area (Å²) in [5.74, 6) is 0.497. The first kappa shape index (κ1) is 19.7. The van der Waals surface area contributed by atoms with E-state index >= 15 is 0 Å². The quantitative estimate of drug-likeness (QED) is 0.656. The summed E-state index contributed by atoms with van der Waals surface area (Å²) in [6.45, 7) is 0.445. The van der Waals surface area contributed by atoms with Crippen molar-refractivity contribution in [3.63, 3.8) is 0 Å². The minimum absolute atomic E-state index is 0.0704. The third-order valence-corrected chi connectivity index (χ3v) is 4.66. The van der Waals surface area contributed by atoms with Gasteiger partial charge < -0.3 is 19.9 Å². The second-order valence-corrected chi connectivity index (χ2v) is 6.45. The molecule has 2 aromatic carbocycles. The number of aromatic carboxylic acids is 1. The number of ether oxygens (including phenoxy) is 2. The maximum atomic E-state index is 12.0. The Hall–Kier alpha value is -2.67. The second-order valence-electron chi connectivity index (χ2n) is 5.40. The molecular weight excluding hydrogens is 354 g/mol. The zero-order valence-electron chi connectivity index (χ0n) is 14.7. The Morgan fingerprint density at radius 2 is 1.92 bits per heavy atom. The number of nitrogens with one attached hydrogen (secondary N) is 1. The molecule has 2 aromatic rings. The summed E-state index contributed by atoms with van der Waals surface area (Å²) in [7, 11) is 3.10. The third-order valence-electron chi connectivity index (χ3n) is 3.66. The number of amides is 1. The first-order valence-electron chi connectivity index (χ1n) is 7.97. The van der Waals surface area contributed by atoms with Gasteiger partial charge in [0, 0.05) is 11.4 Å². The molecule has 0 radical (unpaired) electrons. The van der Waals surface area contributed by atoms with Gasteiger partial charge in [0.1, 0.15) is 11.5 Å². The third kappa shape index (κ3) is 5.70. The molecule has 26 heavy (non-hydrogen) atoms. The van der Waals surface area contributed by atoms with Crippen molar-refractivity contribution in [2.45, 2.75) is 11.3 Å². The zero-order valence-corrected chi connectivity index (χ0v) is 15.5. The molecule has 1 amide bonds. The van der Waals surface area contributed by atoms with Crippen molar-refractivity contribution in [2.75, 3.05) is 26.5 Å². The van der Waals surface area contributed by atoms with E-state index in [0.29, 0.717) is 24.5 Å². The number of methoxy groups -OCH3 is 2. The summed E-state index contributed by atoms with van der Waals surface area (Å²) in [6, 6.07) is 12.3. The van der Waals surface area contributed by atoms with E-state index in [-0.39, 0.29) is 11.5 Å². The predicted molar refractivity (Wildman–Crippen MR) is 100 cm³/mol. The van der Waals surface area contributed by atoms with E-state index in [4.69, 9.17) is 14.6 Å². The van der Waals surface area contributed by atoms with Crippen molar-refractivity contribution in [2.24, 2.45) is 0 Å². The number of carbonyl (C=O) groups excluding carboxylic acids is 1. The molecule has 2 N–H and O–H groups in total. The van der Waals surface area contributed by atoms with Crippen molar-refractivity contribution < 1.29 is 24.2 Å². The maximum Gasteiger partial charge on any atom is 0.335 e. The number of benzene rings is 2. The monoisotopic (exact) mass is 375 g/mol. The molecule has 0 heterocycles. The highest BCUT2D eigenvalue weighted by Gasteiger charge is 2.10. The lowest BCUT2D eigenvalue weighted by Gasteiger charge is -2.10. The standard InChI is InChI=1S/C19H21NO5S/c1-24-15-4-3-5-16(11-15)26-12-18(21)20-9-8-13-6-7-14(19(22)23)10-17(13)25-2/h3-7,10-11H,8-9,12H2,1-2H3,(H,20,21)(H,22,23). The van der Waals surface area contributed by atoms with Gasteiger partial charge in [-0.25, -0.2) is 4.79 Å². The molecule has 0 spiro atoms. The molecule has 0 atom stereocenters. The van der Waals surface area contributed by atoms with E-state index < -0.39 is 5.97 Å². The van der Waals surface area contributed by atoms with Crippen LogP contribution in [0.5, 0.6) is 11.5 Å². The molecule has 0 saturated heterocycles. The Balaban J connectivity index is 1.81. The highest BCUT2D eigenvalue weighted by Crippen LogP contribution is 2.23. The van der Waals surface area contributed by atoms with Crippen LogP contribution in [0, 0.1) is 0 Å². The van der Waals surface area contributed by atoms with Crippen LogP contribution in [-0.4, -0.2) is 43.5 Å². The van der Waals surface area contributed by atoms with Gasteiger partial charge in [0.15, 0.2) is 0 Å². The summed E-state index contributed by atoms with van der Waals surface area (Å²) < 4.78 is 10.4. The van der Waals surface area contributed by atoms with Crippen molar-refractivity contribution in [3.8, 4) is 11.5 Å². The fourth-order valence-corrected chi connectivity index (χ4v) is 3.09. The summed E-state index contributed by atoms with van der Waals surface area (Å²) in [6.07, 6.45) is 0.554. The van der Waals surface area contributed by atoms with E-state index in [1.807, 2.05) is 24.3 Å². The summed E-state index contributed by atoms with van der Waals surface area (Å²) in [4.78, 5) is 23.9. The average molecular weight is 375 g/mol. The molecule has 0 aliphatic carbocycles. The normalized spacial score (nSPS) is 10.2. The Bertz CT molecular complexity index is 778. The van der Waals surface area contributed by atoms with Crippen molar-refractivity contribution >= 4 is 23.6 Å². The van der Waals surface area contributed by atoms with Gasteiger partial charge in [0.2, 0.25) is 5.91 Å². The smallest absolute Gasteiger partial charge is 0.335 e. The van der Waals surface area contributed by atoms with Crippen molar-refractivity contribution in [1.29, 1.82) is 0 Å². The highest BCUT2D eigenvalue weighted by molar-refractivity contribution is 8.00. The molecule has 0 bridgehead atoms. The van der Waals surface area contributed by atoms with Gasteiger partial charge in [-0.15, -0.1) is 11.8 Å². The number of carbonyl (C=O) groups is 2. The summed E-state index contributed by atoms with van der Waals surface area (Å²) >= 11 is 1.44. The lowest BCUT2D eigenvalue weighted by molar-refractivity contribution is -0.118. The van der Waals surface area contributed by atoms with Crippen molar-refractivity contribution in [3.05, 3.63) is 53.6 Å². The molecule has 0 fully saturated rings. The number of hydrogen-bond donors (Lipinski definition) is 2. The maximum absolute atomic E-state index is 12.0. The Morgan fingerprint density at radius 3 is 2.62 bits per heavy atom. The van der Waals surface area contributed by atoms with Gasteiger partial charge in [0.05, 0.1) is 25.5 Å².